The Morgan fingerprint density at radius 3 is 2.61 bits per heavy atom. The second kappa shape index (κ2) is 8.04. The number of carbonyl (C=O) groups excluding carboxylic acids is 2. The second-order valence-corrected chi connectivity index (χ2v) is 11.0. The Bertz CT molecular complexity index is 1070. The van der Waals surface area contributed by atoms with Crippen LogP contribution < -0.4 is 14.8 Å². The second-order valence-electron chi connectivity index (χ2n) is 11.0. The molecule has 7 heteroatoms. The van der Waals surface area contributed by atoms with Crippen LogP contribution in [-0.4, -0.2) is 29.1 Å². The van der Waals surface area contributed by atoms with E-state index in [9.17, 15) is 9.59 Å². The molecule has 1 aromatic carbocycles. The number of carbonyl (C=O) groups is 2. The zero-order valence-corrected chi connectivity index (χ0v) is 20.2. The molecule has 176 valence electrons. The summed E-state index contributed by atoms with van der Waals surface area (Å²) in [6.45, 7) is 11.8. The van der Waals surface area contributed by atoms with Crippen LogP contribution >= 0.6 is 0 Å². The van der Waals surface area contributed by atoms with Crippen molar-refractivity contribution in [1.29, 1.82) is 0 Å². The molecular formula is C26H32N2O5. The summed E-state index contributed by atoms with van der Waals surface area (Å²) in [5.74, 6) is 1.82. The largest absolute Gasteiger partial charge is 0.493 e. The maximum Gasteiger partial charge on any atom is 0.307 e. The van der Waals surface area contributed by atoms with Gasteiger partial charge in [-0.3, -0.25) is 9.59 Å². The van der Waals surface area contributed by atoms with Crippen LogP contribution in [0.5, 0.6) is 17.4 Å². The molecule has 1 N–H and O–H groups in total. The van der Waals surface area contributed by atoms with Crippen molar-refractivity contribution < 1.29 is 23.8 Å². The number of fused-ring (bicyclic) bond motifs is 3. The summed E-state index contributed by atoms with van der Waals surface area (Å²) in [4.78, 5) is 29.3. The molecule has 2 aliphatic rings. The van der Waals surface area contributed by atoms with Gasteiger partial charge in [-0.2, -0.15) is 0 Å². The normalized spacial score (nSPS) is 21.2. The van der Waals surface area contributed by atoms with E-state index in [-0.39, 0.29) is 17.7 Å². The van der Waals surface area contributed by atoms with Crippen LogP contribution in [-0.2, 0) is 14.3 Å². The Balaban J connectivity index is 1.40. The van der Waals surface area contributed by atoms with Crippen molar-refractivity contribution in [2.75, 3.05) is 11.9 Å². The molecule has 1 aliphatic heterocycles. The van der Waals surface area contributed by atoms with Crippen molar-refractivity contribution in [3.05, 3.63) is 42.1 Å². The molecule has 0 saturated heterocycles. The first-order valence-corrected chi connectivity index (χ1v) is 11.3. The highest BCUT2D eigenvalue weighted by Gasteiger charge is 2.56. The van der Waals surface area contributed by atoms with Crippen molar-refractivity contribution in [2.24, 2.45) is 10.8 Å². The number of aromatic nitrogens is 1. The van der Waals surface area contributed by atoms with Gasteiger partial charge in [-0.25, -0.2) is 4.98 Å². The van der Waals surface area contributed by atoms with Crippen LogP contribution in [0.15, 0.2) is 36.5 Å². The van der Waals surface area contributed by atoms with Gasteiger partial charge in [-0.05, 0) is 45.4 Å². The lowest BCUT2D eigenvalue weighted by atomic mass is 9.88. The fourth-order valence-corrected chi connectivity index (χ4v) is 4.09. The monoisotopic (exact) mass is 452 g/mol. The highest BCUT2D eigenvalue weighted by molar-refractivity contribution is 5.96. The minimum atomic E-state index is -0.933. The van der Waals surface area contributed by atoms with E-state index in [1.165, 1.54) is 0 Å². The highest BCUT2D eigenvalue weighted by atomic mass is 16.6. The molecule has 4 rings (SSSR count). The molecule has 7 nitrogen and oxygen atoms in total. The number of amides is 1. The van der Waals surface area contributed by atoms with Gasteiger partial charge < -0.3 is 19.5 Å². The molecule has 2 atom stereocenters. The standard InChI is InChI=1S/C26H32N2O5/c1-24(2,3)33-21(29)13-25(4,5)23(30)28-16-10-11-20(27-14-16)32-19-9-7-8-18-22(19)17-12-26(17,6)15-31-18/h7-11,14,17H,12-13,15H2,1-6H3,(H,28,30). The number of anilines is 1. The van der Waals surface area contributed by atoms with Crippen LogP contribution in [0.2, 0.25) is 0 Å². The van der Waals surface area contributed by atoms with E-state index in [1.807, 2.05) is 18.2 Å². The van der Waals surface area contributed by atoms with E-state index in [4.69, 9.17) is 14.2 Å². The zero-order chi connectivity index (χ0) is 24.0. The fourth-order valence-electron chi connectivity index (χ4n) is 4.09. The molecule has 0 spiro atoms. The van der Waals surface area contributed by atoms with Crippen LogP contribution in [0.3, 0.4) is 0 Å². The van der Waals surface area contributed by atoms with Gasteiger partial charge in [0.2, 0.25) is 11.8 Å². The molecule has 2 aromatic rings. The van der Waals surface area contributed by atoms with Crippen molar-refractivity contribution >= 4 is 17.6 Å². The number of nitrogens with zero attached hydrogens (tertiary/aromatic N) is 1. The van der Waals surface area contributed by atoms with Gasteiger partial charge in [-0.1, -0.05) is 26.8 Å². The van der Waals surface area contributed by atoms with E-state index in [0.29, 0.717) is 17.5 Å². The Hall–Kier alpha value is -3.09. The van der Waals surface area contributed by atoms with Crippen LogP contribution in [0.4, 0.5) is 5.69 Å². The molecule has 2 heterocycles. The summed E-state index contributed by atoms with van der Waals surface area (Å²) < 4.78 is 17.4. The molecule has 1 aromatic heterocycles. The van der Waals surface area contributed by atoms with E-state index >= 15 is 0 Å². The van der Waals surface area contributed by atoms with Gasteiger partial charge in [0.05, 0.1) is 30.3 Å². The summed E-state index contributed by atoms with van der Waals surface area (Å²) in [5, 5.41) is 2.83. The predicted molar refractivity (Wildman–Crippen MR) is 125 cm³/mol. The smallest absolute Gasteiger partial charge is 0.307 e. The van der Waals surface area contributed by atoms with Gasteiger partial charge in [0.15, 0.2) is 0 Å². The first-order valence-electron chi connectivity index (χ1n) is 11.3. The minimum absolute atomic E-state index is 0.0218. The maximum absolute atomic E-state index is 12.8. The van der Waals surface area contributed by atoms with Crippen LogP contribution in [0.25, 0.3) is 0 Å². The summed E-state index contributed by atoms with van der Waals surface area (Å²) in [7, 11) is 0. The van der Waals surface area contributed by atoms with Crippen molar-refractivity contribution in [1.82, 2.24) is 4.98 Å². The average Bonchev–Trinajstić information content (AvgIpc) is 3.39. The molecule has 1 amide bonds. The Kier molecular flexibility index (Phi) is 5.63. The van der Waals surface area contributed by atoms with Gasteiger partial charge in [-0.15, -0.1) is 0 Å². The number of ether oxygens (including phenoxy) is 3. The molecular weight excluding hydrogens is 420 g/mol. The van der Waals surface area contributed by atoms with Gasteiger partial charge in [0, 0.05) is 23.0 Å². The van der Waals surface area contributed by atoms with E-state index in [2.05, 4.69) is 17.2 Å². The van der Waals surface area contributed by atoms with E-state index < -0.39 is 17.0 Å². The molecule has 0 radical (unpaired) electrons. The quantitative estimate of drug-likeness (QED) is 0.586. The Morgan fingerprint density at radius 2 is 1.94 bits per heavy atom. The highest BCUT2D eigenvalue weighted by Crippen LogP contribution is 2.65. The van der Waals surface area contributed by atoms with E-state index in [0.717, 1.165) is 30.1 Å². The third-order valence-corrected chi connectivity index (χ3v) is 6.11. The van der Waals surface area contributed by atoms with Gasteiger partial charge >= 0.3 is 5.97 Å². The van der Waals surface area contributed by atoms with Gasteiger partial charge in [0.25, 0.3) is 0 Å². The SMILES string of the molecule is CC(C)(C)OC(=O)CC(C)(C)C(=O)Nc1ccc(Oc2cccc3c2C2CC2(C)CO3)nc1. The van der Waals surface area contributed by atoms with Crippen LogP contribution in [0.1, 0.15) is 65.9 Å². The summed E-state index contributed by atoms with van der Waals surface area (Å²) in [6.07, 6.45) is 2.62. The van der Waals surface area contributed by atoms with E-state index in [1.54, 1.807) is 52.9 Å². The summed E-state index contributed by atoms with van der Waals surface area (Å²) >= 11 is 0. The molecule has 2 unspecified atom stereocenters. The van der Waals surface area contributed by atoms with Crippen LogP contribution in [0, 0.1) is 10.8 Å². The number of pyridine rings is 1. The zero-order valence-electron chi connectivity index (χ0n) is 20.2. The number of hydrogen-bond donors (Lipinski definition) is 1. The first-order chi connectivity index (χ1) is 15.4. The van der Waals surface area contributed by atoms with Crippen molar-refractivity contribution in [2.45, 2.75) is 65.9 Å². The number of rotatable bonds is 6. The third-order valence-electron chi connectivity index (χ3n) is 6.11. The van der Waals surface area contributed by atoms with Gasteiger partial charge in [0.1, 0.15) is 17.1 Å². The predicted octanol–water partition coefficient (Wildman–Crippen LogP) is 5.46. The first kappa shape index (κ1) is 23.1. The summed E-state index contributed by atoms with van der Waals surface area (Å²) in [6, 6.07) is 9.27. The summed E-state index contributed by atoms with van der Waals surface area (Å²) in [5.41, 5.74) is 0.302. The third kappa shape index (κ3) is 5.13. The lowest BCUT2D eigenvalue weighted by molar-refractivity contribution is -0.158. The lowest BCUT2D eigenvalue weighted by Crippen LogP contribution is -2.35. The Labute approximate surface area is 194 Å². The lowest BCUT2D eigenvalue weighted by Gasteiger charge is -2.26. The number of nitrogens with one attached hydrogen (secondary N) is 1. The Morgan fingerprint density at radius 1 is 1.18 bits per heavy atom. The minimum Gasteiger partial charge on any atom is -0.493 e. The number of hydrogen-bond acceptors (Lipinski definition) is 6. The number of benzene rings is 1. The molecule has 1 aliphatic carbocycles. The molecule has 0 bridgehead atoms. The maximum atomic E-state index is 12.8. The topological polar surface area (TPSA) is 86.8 Å². The fraction of sp³-hybridized carbons (Fsp3) is 0.500. The molecule has 1 fully saturated rings. The molecule has 33 heavy (non-hydrogen) atoms. The van der Waals surface area contributed by atoms with Crippen molar-refractivity contribution in [3.8, 4) is 17.4 Å². The van der Waals surface area contributed by atoms with Crippen molar-refractivity contribution in [3.63, 3.8) is 0 Å². The molecule has 1 saturated carbocycles. The number of esters is 1. The average molecular weight is 453 g/mol.